The van der Waals surface area contributed by atoms with Crippen LogP contribution in [0.15, 0.2) is 23.1 Å². The standard InChI is InChI=1S/C10H10OS2/c1-2-6-4-3-5-7-8(6)9(12)10(11)13-7/h3-5,11-12H,2H2,1H3. The molecule has 1 aromatic carbocycles. The fraction of sp³-hybridized carbons (Fsp3) is 0.200. The molecule has 3 heteroatoms. The zero-order valence-electron chi connectivity index (χ0n) is 7.24. The third kappa shape index (κ3) is 1.32. The van der Waals surface area contributed by atoms with Gasteiger partial charge in [0, 0.05) is 10.1 Å². The predicted octanol–water partition coefficient (Wildman–Crippen LogP) is 3.46. The largest absolute Gasteiger partial charge is 0.499 e. The van der Waals surface area contributed by atoms with Gasteiger partial charge in [-0.05, 0) is 18.1 Å². The lowest BCUT2D eigenvalue weighted by molar-refractivity contribution is 0.480. The Morgan fingerprint density at radius 3 is 2.92 bits per heavy atom. The van der Waals surface area contributed by atoms with Crippen LogP contribution in [0.2, 0.25) is 0 Å². The molecular weight excluding hydrogens is 200 g/mol. The molecule has 1 N–H and O–H groups in total. The van der Waals surface area contributed by atoms with E-state index < -0.39 is 0 Å². The number of aromatic hydroxyl groups is 1. The molecule has 0 atom stereocenters. The maximum Gasteiger partial charge on any atom is 0.186 e. The minimum atomic E-state index is 0.319. The molecule has 0 aliphatic carbocycles. The van der Waals surface area contributed by atoms with Crippen molar-refractivity contribution in [1.29, 1.82) is 0 Å². The number of aryl methyl sites for hydroxylation is 1. The molecule has 2 aromatic rings. The van der Waals surface area contributed by atoms with Gasteiger partial charge in [0.1, 0.15) is 0 Å². The molecule has 0 radical (unpaired) electrons. The van der Waals surface area contributed by atoms with Gasteiger partial charge in [0.05, 0.1) is 4.90 Å². The summed E-state index contributed by atoms with van der Waals surface area (Å²) in [5, 5.41) is 10.9. The van der Waals surface area contributed by atoms with E-state index in [1.807, 2.05) is 12.1 Å². The van der Waals surface area contributed by atoms with Crippen molar-refractivity contribution in [2.24, 2.45) is 0 Å². The van der Waals surface area contributed by atoms with Crippen molar-refractivity contribution in [2.75, 3.05) is 0 Å². The van der Waals surface area contributed by atoms with Crippen molar-refractivity contribution in [3.8, 4) is 5.06 Å². The second-order valence-corrected chi connectivity index (χ2v) is 4.38. The first-order valence-corrected chi connectivity index (χ1v) is 5.42. The predicted molar refractivity (Wildman–Crippen MR) is 60.1 cm³/mol. The van der Waals surface area contributed by atoms with Crippen molar-refractivity contribution in [1.82, 2.24) is 0 Å². The van der Waals surface area contributed by atoms with Crippen LogP contribution < -0.4 is 0 Å². The smallest absolute Gasteiger partial charge is 0.186 e. The first-order chi connectivity index (χ1) is 6.24. The van der Waals surface area contributed by atoms with Crippen LogP contribution in [0.25, 0.3) is 10.1 Å². The Morgan fingerprint density at radius 1 is 1.46 bits per heavy atom. The molecule has 68 valence electrons. The third-order valence-electron chi connectivity index (χ3n) is 2.14. The average molecular weight is 210 g/mol. The van der Waals surface area contributed by atoms with E-state index >= 15 is 0 Å². The van der Waals surface area contributed by atoms with E-state index in [2.05, 4.69) is 25.6 Å². The van der Waals surface area contributed by atoms with Gasteiger partial charge in [0.25, 0.3) is 0 Å². The van der Waals surface area contributed by atoms with Gasteiger partial charge < -0.3 is 5.11 Å². The van der Waals surface area contributed by atoms with Crippen molar-refractivity contribution >= 4 is 34.1 Å². The Morgan fingerprint density at radius 2 is 2.23 bits per heavy atom. The quantitative estimate of drug-likeness (QED) is 0.691. The highest BCUT2D eigenvalue weighted by atomic mass is 32.1. The summed E-state index contributed by atoms with van der Waals surface area (Å²) in [5.41, 5.74) is 1.25. The second-order valence-electron chi connectivity index (χ2n) is 2.90. The second kappa shape index (κ2) is 3.24. The summed E-state index contributed by atoms with van der Waals surface area (Å²) in [5.74, 6) is 0. The lowest BCUT2D eigenvalue weighted by Gasteiger charge is -1.98. The van der Waals surface area contributed by atoms with Crippen LogP contribution in [0.1, 0.15) is 12.5 Å². The monoisotopic (exact) mass is 210 g/mol. The topological polar surface area (TPSA) is 20.2 Å². The van der Waals surface area contributed by atoms with Crippen molar-refractivity contribution in [2.45, 2.75) is 18.2 Å². The maximum absolute atomic E-state index is 9.51. The van der Waals surface area contributed by atoms with Gasteiger partial charge in [-0.25, -0.2) is 0 Å². The Kier molecular flexibility index (Phi) is 2.22. The van der Waals surface area contributed by atoms with Gasteiger partial charge in [-0.15, -0.1) is 12.6 Å². The summed E-state index contributed by atoms with van der Waals surface area (Å²) in [6.07, 6.45) is 0.973. The van der Waals surface area contributed by atoms with E-state index in [1.54, 1.807) is 0 Å². The first kappa shape index (κ1) is 8.91. The fourth-order valence-corrected chi connectivity index (χ4v) is 2.85. The summed E-state index contributed by atoms with van der Waals surface area (Å²) in [6, 6.07) is 6.11. The maximum atomic E-state index is 9.51. The van der Waals surface area contributed by atoms with E-state index in [1.165, 1.54) is 16.9 Å². The van der Waals surface area contributed by atoms with Gasteiger partial charge >= 0.3 is 0 Å². The summed E-state index contributed by atoms with van der Waals surface area (Å²) in [4.78, 5) is 0.720. The molecule has 0 aliphatic rings. The van der Waals surface area contributed by atoms with Crippen molar-refractivity contribution in [3.63, 3.8) is 0 Å². The zero-order valence-corrected chi connectivity index (χ0v) is 8.95. The van der Waals surface area contributed by atoms with Gasteiger partial charge in [-0.1, -0.05) is 30.4 Å². The van der Waals surface area contributed by atoms with E-state index in [4.69, 9.17) is 0 Å². The normalized spacial score (nSPS) is 10.9. The van der Waals surface area contributed by atoms with Crippen molar-refractivity contribution in [3.05, 3.63) is 23.8 Å². The third-order valence-corrected chi connectivity index (χ3v) is 3.68. The summed E-state index contributed by atoms with van der Waals surface area (Å²) in [7, 11) is 0. The van der Waals surface area contributed by atoms with Gasteiger partial charge in [0.15, 0.2) is 5.06 Å². The molecule has 0 fully saturated rings. The molecule has 1 heterocycles. The molecule has 0 spiro atoms. The molecule has 13 heavy (non-hydrogen) atoms. The van der Waals surface area contributed by atoms with Crippen molar-refractivity contribution < 1.29 is 5.11 Å². The Balaban J connectivity index is 2.87. The van der Waals surface area contributed by atoms with E-state index in [-0.39, 0.29) is 0 Å². The molecular formula is C10H10OS2. The molecule has 1 aromatic heterocycles. The molecule has 0 saturated heterocycles. The summed E-state index contributed by atoms with van der Waals surface area (Å²) >= 11 is 5.69. The minimum Gasteiger partial charge on any atom is -0.499 e. The highest BCUT2D eigenvalue weighted by molar-refractivity contribution is 7.81. The SMILES string of the molecule is CCc1cccc2sc(O)c(S)c12. The Labute approximate surface area is 86.4 Å². The number of thiol groups is 1. The average Bonchev–Trinajstić information content (AvgIpc) is 2.43. The number of thiophene rings is 1. The van der Waals surface area contributed by atoms with Crippen LogP contribution in [-0.2, 0) is 6.42 Å². The molecule has 0 aliphatic heterocycles. The van der Waals surface area contributed by atoms with Crippen LogP contribution in [0, 0.1) is 0 Å². The molecule has 0 unspecified atom stereocenters. The highest BCUT2D eigenvalue weighted by Crippen LogP contribution is 2.40. The number of fused-ring (bicyclic) bond motifs is 1. The number of hydrogen-bond acceptors (Lipinski definition) is 3. The summed E-state index contributed by atoms with van der Waals surface area (Å²) < 4.78 is 1.11. The van der Waals surface area contributed by atoms with Crippen LogP contribution in [0.4, 0.5) is 0 Å². The van der Waals surface area contributed by atoms with Crippen LogP contribution in [0.5, 0.6) is 5.06 Å². The molecule has 0 saturated carbocycles. The zero-order chi connectivity index (χ0) is 9.42. The molecule has 0 bridgehead atoms. The van der Waals surface area contributed by atoms with E-state index in [9.17, 15) is 5.11 Å². The number of rotatable bonds is 1. The Hall–Kier alpha value is -0.670. The molecule has 1 nitrogen and oxygen atoms in total. The van der Waals surface area contributed by atoms with E-state index in [0.29, 0.717) is 5.06 Å². The van der Waals surface area contributed by atoms with Gasteiger partial charge in [0.2, 0.25) is 0 Å². The molecule has 2 rings (SSSR count). The van der Waals surface area contributed by atoms with E-state index in [0.717, 1.165) is 21.4 Å². The van der Waals surface area contributed by atoms with Crippen LogP contribution >= 0.6 is 24.0 Å². The van der Waals surface area contributed by atoms with Crippen LogP contribution in [-0.4, -0.2) is 5.11 Å². The van der Waals surface area contributed by atoms with Gasteiger partial charge in [-0.3, -0.25) is 0 Å². The first-order valence-electron chi connectivity index (χ1n) is 4.16. The Bertz CT molecular complexity index is 445. The number of benzene rings is 1. The fourth-order valence-electron chi connectivity index (χ4n) is 1.48. The lowest BCUT2D eigenvalue weighted by atomic mass is 10.1. The van der Waals surface area contributed by atoms with Gasteiger partial charge in [-0.2, -0.15) is 0 Å². The molecule has 0 amide bonds. The minimum absolute atomic E-state index is 0.319. The lowest BCUT2D eigenvalue weighted by Crippen LogP contribution is -1.79. The van der Waals surface area contributed by atoms with Crippen LogP contribution in [0.3, 0.4) is 0 Å². The highest BCUT2D eigenvalue weighted by Gasteiger charge is 2.10. The summed E-state index contributed by atoms with van der Waals surface area (Å²) in [6.45, 7) is 2.11. The number of hydrogen-bond donors (Lipinski definition) is 2.